The number of carbonyl (C=O) groups is 1. The summed E-state index contributed by atoms with van der Waals surface area (Å²) < 4.78 is 0. The van der Waals surface area contributed by atoms with Gasteiger partial charge in [-0.05, 0) is 10.8 Å². The molecule has 1 aromatic heterocycles. The molecule has 0 bridgehead atoms. The summed E-state index contributed by atoms with van der Waals surface area (Å²) in [6.07, 6.45) is 0.947. The lowest BCUT2D eigenvalue weighted by molar-refractivity contribution is -0.389. The van der Waals surface area contributed by atoms with Crippen molar-refractivity contribution in [1.82, 2.24) is 9.97 Å². The Balaban J connectivity index is 2.71. The van der Waals surface area contributed by atoms with Crippen molar-refractivity contribution in [2.75, 3.05) is 0 Å². The zero-order valence-corrected chi connectivity index (χ0v) is 6.98. The topological polar surface area (TPSA) is 115 Å². The Morgan fingerprint density at radius 1 is 1.79 bits per heavy atom. The lowest BCUT2D eigenvalue weighted by Crippen LogP contribution is -2.08. The van der Waals surface area contributed by atoms with E-state index in [1.54, 1.807) is 0 Å². The lowest BCUT2D eigenvalue weighted by Gasteiger charge is -1.84. The minimum Gasteiger partial charge on any atom is -0.369 e. The minimum atomic E-state index is -0.619. The van der Waals surface area contributed by atoms with Crippen LogP contribution >= 0.6 is 0 Å². The number of nitrogens with one attached hydrogen (secondary N) is 1. The zero-order chi connectivity index (χ0) is 10.6. The predicted molar refractivity (Wildman–Crippen MR) is 45.9 cm³/mol. The van der Waals surface area contributed by atoms with Crippen molar-refractivity contribution in [3.8, 4) is 11.8 Å². The van der Waals surface area contributed by atoms with Crippen LogP contribution in [-0.4, -0.2) is 20.8 Å². The van der Waals surface area contributed by atoms with Crippen molar-refractivity contribution in [2.45, 2.75) is 6.42 Å². The van der Waals surface area contributed by atoms with Crippen LogP contribution in [0.25, 0.3) is 0 Å². The van der Waals surface area contributed by atoms with Crippen LogP contribution in [0.3, 0.4) is 0 Å². The van der Waals surface area contributed by atoms with Crippen LogP contribution in [0.5, 0.6) is 0 Å². The average Bonchev–Trinajstić information content (AvgIpc) is 2.52. The van der Waals surface area contributed by atoms with Gasteiger partial charge in [0.05, 0.1) is 6.42 Å². The summed E-state index contributed by atoms with van der Waals surface area (Å²) in [5.41, 5.74) is 4.83. The highest BCUT2D eigenvalue weighted by Crippen LogP contribution is 2.04. The monoisotopic (exact) mass is 194 g/mol. The predicted octanol–water partition coefficient (Wildman–Crippen LogP) is -0.455. The molecule has 0 aliphatic rings. The van der Waals surface area contributed by atoms with Gasteiger partial charge >= 0.3 is 5.82 Å². The Bertz CT molecular complexity index is 426. The SMILES string of the molecule is NC(=O)CC#Cc1ncc([N+](=O)[O-])[nH]1. The van der Waals surface area contributed by atoms with Crippen molar-refractivity contribution in [3.63, 3.8) is 0 Å². The molecule has 1 heterocycles. The number of rotatable bonds is 2. The largest absolute Gasteiger partial charge is 0.369 e. The van der Waals surface area contributed by atoms with E-state index in [1.165, 1.54) is 0 Å². The van der Waals surface area contributed by atoms with Crippen LogP contribution in [0, 0.1) is 22.0 Å². The van der Waals surface area contributed by atoms with Gasteiger partial charge in [0.15, 0.2) is 0 Å². The second kappa shape index (κ2) is 4.04. The van der Waals surface area contributed by atoms with Crippen molar-refractivity contribution < 1.29 is 9.72 Å². The molecule has 0 aromatic carbocycles. The zero-order valence-electron chi connectivity index (χ0n) is 6.98. The Kier molecular flexibility index (Phi) is 2.81. The fraction of sp³-hybridized carbons (Fsp3) is 0.143. The average molecular weight is 194 g/mol. The van der Waals surface area contributed by atoms with Gasteiger partial charge in [-0.25, -0.2) is 9.97 Å². The summed E-state index contributed by atoms with van der Waals surface area (Å²) in [6, 6.07) is 0. The molecular formula is C7H6N4O3. The second-order valence-electron chi connectivity index (χ2n) is 2.32. The quantitative estimate of drug-likeness (QED) is 0.376. The Hall–Kier alpha value is -2.36. The van der Waals surface area contributed by atoms with E-state index in [0.29, 0.717) is 0 Å². The molecule has 0 saturated carbocycles. The van der Waals surface area contributed by atoms with Gasteiger partial charge in [0.25, 0.3) is 5.82 Å². The number of nitro groups is 1. The maximum absolute atomic E-state index is 10.3. The summed E-state index contributed by atoms with van der Waals surface area (Å²) in [5, 5.41) is 10.2. The van der Waals surface area contributed by atoms with Crippen molar-refractivity contribution >= 4 is 11.7 Å². The van der Waals surface area contributed by atoms with Crippen LogP contribution in [0.15, 0.2) is 6.20 Å². The molecule has 0 saturated heterocycles. The highest BCUT2D eigenvalue weighted by Gasteiger charge is 2.06. The summed E-state index contributed by atoms with van der Waals surface area (Å²) in [4.78, 5) is 25.8. The van der Waals surface area contributed by atoms with E-state index in [1.807, 2.05) is 0 Å². The van der Waals surface area contributed by atoms with Gasteiger partial charge in [-0.15, -0.1) is 0 Å². The maximum Gasteiger partial charge on any atom is 0.341 e. The van der Waals surface area contributed by atoms with Gasteiger partial charge in [0.1, 0.15) is 6.20 Å². The highest BCUT2D eigenvalue weighted by atomic mass is 16.6. The van der Waals surface area contributed by atoms with E-state index in [0.717, 1.165) is 6.20 Å². The van der Waals surface area contributed by atoms with Crippen LogP contribution in [0.1, 0.15) is 12.2 Å². The number of amides is 1. The molecule has 7 heteroatoms. The number of hydrogen-bond acceptors (Lipinski definition) is 4. The maximum atomic E-state index is 10.3. The molecule has 0 aliphatic heterocycles. The fourth-order valence-corrected chi connectivity index (χ4v) is 0.683. The van der Waals surface area contributed by atoms with E-state index in [2.05, 4.69) is 21.8 Å². The number of primary amides is 1. The van der Waals surface area contributed by atoms with E-state index in [4.69, 9.17) is 5.73 Å². The van der Waals surface area contributed by atoms with Gasteiger partial charge in [0, 0.05) is 0 Å². The van der Waals surface area contributed by atoms with E-state index in [9.17, 15) is 14.9 Å². The first-order chi connectivity index (χ1) is 6.59. The molecule has 1 rings (SSSR count). The van der Waals surface area contributed by atoms with Crippen LogP contribution in [0.2, 0.25) is 0 Å². The molecule has 1 aromatic rings. The number of carbonyl (C=O) groups excluding carboxylic acids is 1. The molecule has 0 radical (unpaired) electrons. The molecule has 0 spiro atoms. The number of imidazole rings is 1. The summed E-state index contributed by atoms with van der Waals surface area (Å²) in [7, 11) is 0. The van der Waals surface area contributed by atoms with E-state index >= 15 is 0 Å². The molecule has 0 fully saturated rings. The van der Waals surface area contributed by atoms with Crippen LogP contribution in [0.4, 0.5) is 5.82 Å². The van der Waals surface area contributed by atoms with Gasteiger partial charge in [-0.1, -0.05) is 5.92 Å². The normalized spacial score (nSPS) is 8.86. The van der Waals surface area contributed by atoms with Crippen LogP contribution < -0.4 is 5.73 Å². The number of nitrogens with two attached hydrogens (primary N) is 1. The molecule has 0 atom stereocenters. The number of aromatic amines is 1. The van der Waals surface area contributed by atoms with Crippen molar-refractivity contribution in [2.24, 2.45) is 5.73 Å². The first-order valence-electron chi connectivity index (χ1n) is 3.56. The molecule has 0 unspecified atom stereocenters. The van der Waals surface area contributed by atoms with Crippen LogP contribution in [-0.2, 0) is 4.79 Å². The fourth-order valence-electron chi connectivity index (χ4n) is 0.683. The third-order valence-corrected chi connectivity index (χ3v) is 1.23. The summed E-state index contributed by atoms with van der Waals surface area (Å²) in [5.74, 6) is 4.18. The minimum absolute atomic E-state index is 0.103. The smallest absolute Gasteiger partial charge is 0.341 e. The standard InChI is InChI=1S/C7H6N4O3/c8-5(12)2-1-3-6-9-4-7(10-6)11(13)14/h4H,2H2,(H2,8,12)(H,9,10). The number of H-pyrrole nitrogens is 1. The van der Waals surface area contributed by atoms with E-state index < -0.39 is 10.8 Å². The second-order valence-corrected chi connectivity index (χ2v) is 2.32. The number of nitrogens with zero attached hydrogens (tertiary/aromatic N) is 2. The Labute approximate surface area is 78.5 Å². The Morgan fingerprint density at radius 3 is 3.00 bits per heavy atom. The number of aromatic nitrogens is 2. The van der Waals surface area contributed by atoms with E-state index in [-0.39, 0.29) is 18.1 Å². The molecule has 0 aliphatic carbocycles. The first-order valence-corrected chi connectivity index (χ1v) is 3.56. The van der Waals surface area contributed by atoms with Gasteiger partial charge < -0.3 is 15.8 Å². The molecule has 14 heavy (non-hydrogen) atoms. The lowest BCUT2D eigenvalue weighted by atomic mass is 10.4. The van der Waals surface area contributed by atoms with Gasteiger partial charge in [0.2, 0.25) is 5.91 Å². The van der Waals surface area contributed by atoms with Gasteiger partial charge in [-0.2, -0.15) is 0 Å². The molecule has 7 nitrogen and oxygen atoms in total. The molecular weight excluding hydrogens is 188 g/mol. The summed E-state index contributed by atoms with van der Waals surface area (Å²) >= 11 is 0. The van der Waals surface area contributed by atoms with Crippen molar-refractivity contribution in [3.05, 3.63) is 22.1 Å². The number of hydrogen-bond donors (Lipinski definition) is 2. The summed E-state index contributed by atoms with van der Waals surface area (Å²) in [6.45, 7) is 0. The Morgan fingerprint density at radius 2 is 2.50 bits per heavy atom. The third-order valence-electron chi connectivity index (χ3n) is 1.23. The molecule has 3 N–H and O–H groups in total. The highest BCUT2D eigenvalue weighted by molar-refractivity contribution is 5.76. The van der Waals surface area contributed by atoms with Crippen molar-refractivity contribution in [1.29, 1.82) is 0 Å². The molecule has 1 amide bonds. The first kappa shape index (κ1) is 9.73. The molecule has 72 valence electrons. The van der Waals surface area contributed by atoms with Gasteiger partial charge in [-0.3, -0.25) is 4.79 Å². The third kappa shape index (κ3) is 2.60.